The normalized spacial score (nSPS) is 10.3. The van der Waals surface area contributed by atoms with E-state index in [9.17, 15) is 9.59 Å². The number of aromatic amines is 1. The molecule has 1 aromatic rings. The molecule has 0 aliphatic carbocycles. The molecule has 0 saturated heterocycles. The number of nitrogens with two attached hydrogens (primary N) is 1. The molecule has 118 valence electrons. The average Bonchev–Trinajstić information content (AvgIpc) is 2.42. The van der Waals surface area contributed by atoms with Gasteiger partial charge in [0.15, 0.2) is 0 Å². The van der Waals surface area contributed by atoms with E-state index >= 15 is 0 Å². The molecule has 6 N–H and O–H groups in total. The Labute approximate surface area is 122 Å². The van der Waals surface area contributed by atoms with Crippen molar-refractivity contribution in [3.63, 3.8) is 0 Å². The van der Waals surface area contributed by atoms with E-state index in [0.29, 0.717) is 32.0 Å². The van der Waals surface area contributed by atoms with Crippen molar-refractivity contribution in [1.82, 2.24) is 15.0 Å². The average molecular weight is 298 g/mol. The molecule has 0 amide bonds. The van der Waals surface area contributed by atoms with Crippen molar-refractivity contribution in [3.05, 3.63) is 10.5 Å². The van der Waals surface area contributed by atoms with Crippen LogP contribution in [0.5, 0.6) is 0 Å². The number of H-pyrrole nitrogens is 1. The molecular formula is C12H22N6O3. The SMILES string of the molecule is NCCCNc1nc(NCCCCCC(=O)O)[nH]c(=O)n1. The van der Waals surface area contributed by atoms with E-state index in [1.165, 1.54) is 0 Å². The second kappa shape index (κ2) is 9.70. The number of aliphatic carboxylic acids is 1. The highest BCUT2D eigenvalue weighted by Gasteiger charge is 2.02. The van der Waals surface area contributed by atoms with E-state index < -0.39 is 11.7 Å². The van der Waals surface area contributed by atoms with Crippen molar-refractivity contribution in [2.24, 2.45) is 5.73 Å². The Kier molecular flexibility index (Phi) is 7.80. The number of rotatable bonds is 11. The summed E-state index contributed by atoms with van der Waals surface area (Å²) in [7, 11) is 0. The van der Waals surface area contributed by atoms with Crippen molar-refractivity contribution in [2.75, 3.05) is 30.3 Å². The van der Waals surface area contributed by atoms with Crippen LogP contribution in [0.3, 0.4) is 0 Å². The number of hydrogen-bond donors (Lipinski definition) is 5. The maximum atomic E-state index is 11.4. The first kappa shape index (κ1) is 16.9. The number of carboxylic acid groups (broad SMARTS) is 1. The van der Waals surface area contributed by atoms with Gasteiger partial charge in [-0.3, -0.25) is 9.78 Å². The first-order chi connectivity index (χ1) is 10.1. The lowest BCUT2D eigenvalue weighted by Crippen LogP contribution is -2.20. The first-order valence-electron chi connectivity index (χ1n) is 7.00. The monoisotopic (exact) mass is 298 g/mol. The third-order valence-electron chi connectivity index (χ3n) is 2.67. The highest BCUT2D eigenvalue weighted by Crippen LogP contribution is 2.02. The van der Waals surface area contributed by atoms with Crippen molar-refractivity contribution < 1.29 is 9.90 Å². The van der Waals surface area contributed by atoms with Gasteiger partial charge in [0.05, 0.1) is 0 Å². The molecule has 0 aliphatic heterocycles. The fraction of sp³-hybridized carbons (Fsp3) is 0.667. The Balaban J connectivity index is 2.33. The van der Waals surface area contributed by atoms with Gasteiger partial charge in [-0.1, -0.05) is 6.42 Å². The van der Waals surface area contributed by atoms with Gasteiger partial charge in [0.1, 0.15) is 0 Å². The van der Waals surface area contributed by atoms with E-state index in [4.69, 9.17) is 10.8 Å². The highest BCUT2D eigenvalue weighted by atomic mass is 16.4. The van der Waals surface area contributed by atoms with Gasteiger partial charge in [-0.2, -0.15) is 9.97 Å². The number of nitrogens with zero attached hydrogens (tertiary/aromatic N) is 2. The van der Waals surface area contributed by atoms with Crippen molar-refractivity contribution in [3.8, 4) is 0 Å². The summed E-state index contributed by atoms with van der Waals surface area (Å²) in [6.45, 7) is 1.76. The van der Waals surface area contributed by atoms with Gasteiger partial charge >= 0.3 is 11.7 Å². The van der Waals surface area contributed by atoms with Gasteiger partial charge in [0.2, 0.25) is 11.9 Å². The summed E-state index contributed by atoms with van der Waals surface area (Å²) in [6.07, 6.45) is 3.19. The molecule has 0 saturated carbocycles. The molecule has 1 rings (SSSR count). The van der Waals surface area contributed by atoms with Crippen LogP contribution in [0.25, 0.3) is 0 Å². The molecule has 0 unspecified atom stereocenters. The molecule has 1 aromatic heterocycles. The zero-order valence-electron chi connectivity index (χ0n) is 11.9. The molecular weight excluding hydrogens is 276 g/mol. The number of carbonyl (C=O) groups is 1. The summed E-state index contributed by atoms with van der Waals surface area (Å²) in [5.41, 5.74) is 4.90. The third-order valence-corrected chi connectivity index (χ3v) is 2.67. The number of anilines is 2. The third kappa shape index (κ3) is 7.88. The van der Waals surface area contributed by atoms with Crippen LogP contribution in [0.4, 0.5) is 11.9 Å². The lowest BCUT2D eigenvalue weighted by molar-refractivity contribution is -0.137. The number of carboxylic acids is 1. The van der Waals surface area contributed by atoms with Crippen LogP contribution >= 0.6 is 0 Å². The molecule has 21 heavy (non-hydrogen) atoms. The van der Waals surface area contributed by atoms with Crippen molar-refractivity contribution in [2.45, 2.75) is 32.1 Å². The number of unbranched alkanes of at least 4 members (excludes halogenated alkanes) is 2. The molecule has 0 aromatic carbocycles. The summed E-state index contributed by atoms with van der Waals surface area (Å²) in [6, 6.07) is 0. The Morgan fingerprint density at radius 1 is 1.14 bits per heavy atom. The largest absolute Gasteiger partial charge is 0.481 e. The van der Waals surface area contributed by atoms with Crippen LogP contribution in [0.15, 0.2) is 4.79 Å². The molecule has 0 radical (unpaired) electrons. The molecule has 0 fully saturated rings. The first-order valence-corrected chi connectivity index (χ1v) is 7.00. The summed E-state index contributed by atoms with van der Waals surface area (Å²) < 4.78 is 0. The predicted molar refractivity (Wildman–Crippen MR) is 79.4 cm³/mol. The Bertz CT molecular complexity index is 490. The topological polar surface area (TPSA) is 146 Å². The van der Waals surface area contributed by atoms with Gasteiger partial charge < -0.3 is 21.5 Å². The quantitative estimate of drug-likeness (QED) is 0.358. The molecule has 0 aliphatic rings. The predicted octanol–water partition coefficient (Wildman–Crippen LogP) is -0.0175. The van der Waals surface area contributed by atoms with Crippen LogP contribution in [0, 0.1) is 0 Å². The van der Waals surface area contributed by atoms with Crippen LogP contribution in [0.1, 0.15) is 32.1 Å². The van der Waals surface area contributed by atoms with Crippen LogP contribution in [-0.2, 0) is 4.79 Å². The Hall–Kier alpha value is -2.16. The fourth-order valence-electron chi connectivity index (χ4n) is 1.63. The minimum atomic E-state index is -0.781. The minimum Gasteiger partial charge on any atom is -0.481 e. The number of nitrogens with one attached hydrogen (secondary N) is 3. The molecule has 0 bridgehead atoms. The van der Waals surface area contributed by atoms with Gasteiger partial charge in [-0.05, 0) is 25.8 Å². The van der Waals surface area contributed by atoms with Gasteiger partial charge in [-0.15, -0.1) is 0 Å². The fourth-order valence-corrected chi connectivity index (χ4v) is 1.63. The van der Waals surface area contributed by atoms with Gasteiger partial charge in [0.25, 0.3) is 0 Å². The number of aromatic nitrogens is 3. The summed E-state index contributed by atoms with van der Waals surface area (Å²) in [5.74, 6) is -0.166. The molecule has 0 atom stereocenters. The maximum Gasteiger partial charge on any atom is 0.350 e. The second-order valence-electron chi connectivity index (χ2n) is 4.53. The van der Waals surface area contributed by atoms with Crippen LogP contribution in [0.2, 0.25) is 0 Å². The zero-order valence-corrected chi connectivity index (χ0v) is 11.9. The molecule has 9 heteroatoms. The van der Waals surface area contributed by atoms with Crippen molar-refractivity contribution >= 4 is 17.9 Å². The second-order valence-corrected chi connectivity index (χ2v) is 4.53. The minimum absolute atomic E-state index is 0.180. The molecule has 9 nitrogen and oxygen atoms in total. The van der Waals surface area contributed by atoms with Gasteiger partial charge in [-0.25, -0.2) is 4.79 Å². The summed E-state index contributed by atoms with van der Waals surface area (Å²) >= 11 is 0. The Morgan fingerprint density at radius 2 is 1.90 bits per heavy atom. The zero-order chi connectivity index (χ0) is 15.5. The maximum absolute atomic E-state index is 11.4. The lowest BCUT2D eigenvalue weighted by Gasteiger charge is -2.07. The van der Waals surface area contributed by atoms with E-state index in [0.717, 1.165) is 19.3 Å². The Morgan fingerprint density at radius 3 is 2.62 bits per heavy atom. The van der Waals surface area contributed by atoms with E-state index in [1.54, 1.807) is 0 Å². The highest BCUT2D eigenvalue weighted by molar-refractivity contribution is 5.66. The van der Waals surface area contributed by atoms with E-state index in [1.807, 2.05) is 0 Å². The molecule has 1 heterocycles. The standard InChI is InChI=1S/C12H22N6O3/c13-6-4-8-15-11-16-10(17-12(21)18-11)14-7-3-1-2-5-9(19)20/h1-8,13H2,(H,19,20)(H3,14,15,16,17,18,21). The van der Waals surface area contributed by atoms with Crippen LogP contribution < -0.4 is 22.1 Å². The smallest absolute Gasteiger partial charge is 0.350 e. The van der Waals surface area contributed by atoms with E-state index in [-0.39, 0.29) is 12.4 Å². The lowest BCUT2D eigenvalue weighted by atomic mass is 10.2. The van der Waals surface area contributed by atoms with Crippen molar-refractivity contribution in [1.29, 1.82) is 0 Å². The summed E-state index contributed by atoms with van der Waals surface area (Å²) in [4.78, 5) is 32.1. The number of hydrogen-bond acceptors (Lipinski definition) is 7. The van der Waals surface area contributed by atoms with E-state index in [2.05, 4.69) is 25.6 Å². The molecule has 0 spiro atoms. The van der Waals surface area contributed by atoms with Crippen LogP contribution in [-0.4, -0.2) is 45.7 Å². The summed E-state index contributed by atoms with van der Waals surface area (Å²) in [5, 5.41) is 14.4. The van der Waals surface area contributed by atoms with Gasteiger partial charge in [0, 0.05) is 19.5 Å².